The minimum atomic E-state index is -2.14. The van der Waals surface area contributed by atoms with E-state index in [0.29, 0.717) is 6.42 Å². The molecule has 0 spiro atoms. The van der Waals surface area contributed by atoms with Gasteiger partial charge in [0.15, 0.2) is 11.6 Å². The molecule has 0 radical (unpaired) electrons. The summed E-state index contributed by atoms with van der Waals surface area (Å²) < 4.78 is 12.0. The highest BCUT2D eigenvalue weighted by Crippen LogP contribution is 2.78. The SMILES string of the molecule is CC=CC=CC(O)=C1C(=O)C2(C)C3C(C(=O)CCC=CC)=C(O)C4(C)C1C1OC4(O)C3OC12O. The lowest BCUT2D eigenvalue weighted by molar-refractivity contribution is -0.397. The fourth-order valence-corrected chi connectivity index (χ4v) is 6.95. The summed E-state index contributed by atoms with van der Waals surface area (Å²) in [7, 11) is 0. The monoisotopic (exact) mass is 470 g/mol. The summed E-state index contributed by atoms with van der Waals surface area (Å²) in [6.07, 6.45) is 8.02. The number of hydrogen-bond acceptors (Lipinski definition) is 8. The van der Waals surface area contributed by atoms with Crippen LogP contribution in [0, 0.1) is 22.7 Å². The van der Waals surface area contributed by atoms with Crippen molar-refractivity contribution in [3.8, 4) is 0 Å². The maximum Gasteiger partial charge on any atom is 0.207 e. The number of carbonyl (C=O) groups is 2. The lowest BCUT2D eigenvalue weighted by atomic mass is 9.45. The van der Waals surface area contributed by atoms with Crippen LogP contribution in [0.15, 0.2) is 59.1 Å². The van der Waals surface area contributed by atoms with Gasteiger partial charge < -0.3 is 29.9 Å². The van der Waals surface area contributed by atoms with Crippen LogP contribution in [0.25, 0.3) is 0 Å². The van der Waals surface area contributed by atoms with Crippen LogP contribution < -0.4 is 0 Å². The largest absolute Gasteiger partial charge is 0.511 e. The Bertz CT molecular complexity index is 1140. The van der Waals surface area contributed by atoms with Gasteiger partial charge in [0.2, 0.25) is 11.6 Å². The first kappa shape index (κ1) is 23.2. The molecule has 5 aliphatic rings. The van der Waals surface area contributed by atoms with Crippen molar-refractivity contribution in [2.24, 2.45) is 22.7 Å². The molecule has 2 saturated carbocycles. The van der Waals surface area contributed by atoms with E-state index in [1.165, 1.54) is 19.9 Å². The highest BCUT2D eigenvalue weighted by molar-refractivity contribution is 6.07. The van der Waals surface area contributed by atoms with Crippen molar-refractivity contribution < 1.29 is 39.5 Å². The minimum Gasteiger partial charge on any atom is -0.511 e. The Balaban J connectivity index is 1.80. The second kappa shape index (κ2) is 7.01. The minimum absolute atomic E-state index is 0.00889. The molecule has 2 saturated heterocycles. The number of rotatable bonds is 6. The number of aliphatic hydroxyl groups excluding tert-OH is 2. The summed E-state index contributed by atoms with van der Waals surface area (Å²) in [6, 6.07) is 0. The molecule has 2 aliphatic heterocycles. The Kier molecular flexibility index (Phi) is 4.79. The van der Waals surface area contributed by atoms with Gasteiger partial charge in [-0.3, -0.25) is 9.59 Å². The molecule has 8 unspecified atom stereocenters. The van der Waals surface area contributed by atoms with E-state index in [0.717, 1.165) is 0 Å². The van der Waals surface area contributed by atoms with Crippen LogP contribution in [-0.4, -0.2) is 55.8 Å². The van der Waals surface area contributed by atoms with E-state index in [-0.39, 0.29) is 34.9 Å². The normalized spacial score (nSPS) is 47.9. The van der Waals surface area contributed by atoms with Gasteiger partial charge in [-0.15, -0.1) is 0 Å². The zero-order valence-electron chi connectivity index (χ0n) is 19.6. The summed E-state index contributed by atoms with van der Waals surface area (Å²) in [4.78, 5) is 27.4. The van der Waals surface area contributed by atoms with Crippen LogP contribution in [0.3, 0.4) is 0 Å². The second-order valence-corrected chi connectivity index (χ2v) is 10.1. The van der Waals surface area contributed by atoms with Gasteiger partial charge in [0, 0.05) is 29.4 Å². The standard InChI is InChI=1S/C26H30O8/c1-5-7-9-11-13(27)15-17-21-25(31)24(4,19(15)29)18-16(14(28)12-10-8-6-2)20(30)23(17,3)26(32,33-21)22(18)34-25/h5-9,11,17-18,21-22,27,30-32H,10,12H2,1-4H3. The fraction of sp³-hybridized carbons (Fsp3) is 0.538. The van der Waals surface area contributed by atoms with Crippen LogP contribution in [0.4, 0.5) is 0 Å². The Hall–Kier alpha value is -2.52. The molecule has 182 valence electrons. The third kappa shape index (κ3) is 2.23. The first-order chi connectivity index (χ1) is 16.0. The van der Waals surface area contributed by atoms with Gasteiger partial charge in [0.1, 0.15) is 23.7 Å². The number of hydrogen-bond donors (Lipinski definition) is 4. The van der Waals surface area contributed by atoms with E-state index in [4.69, 9.17) is 9.47 Å². The first-order valence-electron chi connectivity index (χ1n) is 11.6. The van der Waals surface area contributed by atoms with Crippen molar-refractivity contribution in [2.45, 2.75) is 64.3 Å². The van der Waals surface area contributed by atoms with E-state index in [1.54, 1.807) is 25.2 Å². The molecular weight excluding hydrogens is 440 g/mol. The number of ketones is 2. The van der Waals surface area contributed by atoms with Gasteiger partial charge >= 0.3 is 0 Å². The fourth-order valence-electron chi connectivity index (χ4n) is 6.95. The maximum atomic E-state index is 14.1. The molecule has 0 amide bonds. The smallest absolute Gasteiger partial charge is 0.207 e. The molecule has 0 aromatic carbocycles. The summed E-state index contributed by atoms with van der Waals surface area (Å²) in [5.74, 6) is -8.24. The molecule has 4 N–H and O–H groups in total. The van der Waals surface area contributed by atoms with Crippen molar-refractivity contribution in [1.29, 1.82) is 0 Å². The van der Waals surface area contributed by atoms with Gasteiger partial charge in [-0.2, -0.15) is 0 Å². The van der Waals surface area contributed by atoms with E-state index < -0.39 is 52.2 Å². The van der Waals surface area contributed by atoms with Gasteiger partial charge in [-0.25, -0.2) is 0 Å². The molecule has 0 aromatic heterocycles. The van der Waals surface area contributed by atoms with Crippen molar-refractivity contribution >= 4 is 11.6 Å². The zero-order valence-corrected chi connectivity index (χ0v) is 19.6. The third-order valence-corrected chi connectivity index (χ3v) is 8.72. The number of carbonyl (C=O) groups excluding carboxylic acids is 2. The molecule has 8 bridgehead atoms. The molecule has 5 rings (SSSR count). The Morgan fingerprint density at radius 2 is 1.62 bits per heavy atom. The van der Waals surface area contributed by atoms with Crippen LogP contribution >= 0.6 is 0 Å². The Labute approximate surface area is 197 Å². The average molecular weight is 471 g/mol. The molecule has 2 heterocycles. The summed E-state index contributed by atoms with van der Waals surface area (Å²) in [5, 5.41) is 46.1. The van der Waals surface area contributed by atoms with Crippen LogP contribution in [0.1, 0.15) is 40.5 Å². The third-order valence-electron chi connectivity index (χ3n) is 8.72. The predicted molar refractivity (Wildman–Crippen MR) is 120 cm³/mol. The van der Waals surface area contributed by atoms with Crippen molar-refractivity contribution in [1.82, 2.24) is 0 Å². The maximum absolute atomic E-state index is 14.1. The summed E-state index contributed by atoms with van der Waals surface area (Å²) >= 11 is 0. The molecule has 8 heteroatoms. The number of allylic oxidation sites excluding steroid dienone is 6. The lowest BCUT2D eigenvalue weighted by Gasteiger charge is -2.54. The zero-order chi connectivity index (χ0) is 24.8. The molecule has 34 heavy (non-hydrogen) atoms. The predicted octanol–water partition coefficient (Wildman–Crippen LogP) is 2.70. The second-order valence-electron chi connectivity index (χ2n) is 10.1. The summed E-state index contributed by atoms with van der Waals surface area (Å²) in [6.45, 7) is 6.59. The Morgan fingerprint density at radius 1 is 1.00 bits per heavy atom. The molecule has 0 aromatic rings. The van der Waals surface area contributed by atoms with Gasteiger partial charge in [-0.05, 0) is 40.2 Å². The quantitative estimate of drug-likeness (QED) is 0.202. The Morgan fingerprint density at radius 3 is 2.24 bits per heavy atom. The lowest BCUT2D eigenvalue weighted by Crippen LogP contribution is -2.68. The molecule has 4 fully saturated rings. The van der Waals surface area contributed by atoms with Crippen molar-refractivity contribution in [2.75, 3.05) is 0 Å². The van der Waals surface area contributed by atoms with Crippen LogP contribution in [-0.2, 0) is 19.1 Å². The topological polar surface area (TPSA) is 134 Å². The number of aliphatic hydroxyl groups is 4. The van der Waals surface area contributed by atoms with Crippen molar-refractivity contribution in [3.05, 3.63) is 59.1 Å². The van der Waals surface area contributed by atoms with Gasteiger partial charge in [0.05, 0.1) is 10.8 Å². The molecule has 8 atom stereocenters. The highest BCUT2D eigenvalue weighted by Gasteiger charge is 2.92. The number of ether oxygens (including phenoxy) is 2. The highest BCUT2D eigenvalue weighted by atomic mass is 16.8. The molecule has 3 aliphatic carbocycles. The van der Waals surface area contributed by atoms with E-state index in [1.807, 2.05) is 19.1 Å². The van der Waals surface area contributed by atoms with Crippen LogP contribution in [0.2, 0.25) is 0 Å². The van der Waals surface area contributed by atoms with Gasteiger partial charge in [-0.1, -0.05) is 30.4 Å². The average Bonchev–Trinajstić information content (AvgIpc) is 3.17. The molecule has 8 nitrogen and oxygen atoms in total. The van der Waals surface area contributed by atoms with E-state index >= 15 is 0 Å². The number of Topliss-reactive ketones (excluding diaryl/α,β-unsaturated/α-hetero) is 2. The van der Waals surface area contributed by atoms with E-state index in [2.05, 4.69) is 0 Å². The van der Waals surface area contributed by atoms with Crippen molar-refractivity contribution in [3.63, 3.8) is 0 Å². The molecular formula is C26H30O8. The first-order valence-corrected chi connectivity index (χ1v) is 11.6. The van der Waals surface area contributed by atoms with Crippen LogP contribution in [0.5, 0.6) is 0 Å². The summed E-state index contributed by atoms with van der Waals surface area (Å²) in [5.41, 5.74) is -3.55. The van der Waals surface area contributed by atoms with E-state index in [9.17, 15) is 30.0 Å². The van der Waals surface area contributed by atoms with Gasteiger partial charge in [0.25, 0.3) is 0 Å².